The summed E-state index contributed by atoms with van der Waals surface area (Å²) in [5.41, 5.74) is -0.217. The van der Waals surface area contributed by atoms with E-state index in [2.05, 4.69) is 4.98 Å². The molecule has 1 heterocycles. The van der Waals surface area contributed by atoms with Gasteiger partial charge in [-0.25, -0.2) is 4.98 Å². The summed E-state index contributed by atoms with van der Waals surface area (Å²) in [5, 5.41) is 9.75. The number of nitrogens with zero attached hydrogens (tertiary/aromatic N) is 2. The number of rotatable bonds is 5. The number of aliphatic hydroxyl groups is 1. The van der Waals surface area contributed by atoms with E-state index in [-0.39, 0.29) is 25.1 Å². The third-order valence-corrected chi connectivity index (χ3v) is 3.05. The van der Waals surface area contributed by atoms with Gasteiger partial charge in [0.2, 0.25) is 0 Å². The van der Waals surface area contributed by atoms with E-state index in [0.717, 1.165) is 0 Å². The molecule has 0 saturated heterocycles. The van der Waals surface area contributed by atoms with Gasteiger partial charge in [-0.1, -0.05) is 0 Å². The van der Waals surface area contributed by atoms with Crippen LogP contribution in [0.4, 0.5) is 0 Å². The van der Waals surface area contributed by atoms with Gasteiger partial charge in [-0.15, -0.1) is 0 Å². The lowest BCUT2D eigenvalue weighted by Crippen LogP contribution is -2.31. The van der Waals surface area contributed by atoms with E-state index in [9.17, 15) is 14.7 Å². The number of carbonyl (C=O) groups excluding carboxylic acids is 1. The molecule has 1 rings (SSSR count). The second-order valence-corrected chi connectivity index (χ2v) is 4.89. The molecular weight excluding hydrogens is 351 g/mol. The number of carbonyl (C=O) groups is 1. The Kier molecular flexibility index (Phi) is 5.73. The van der Waals surface area contributed by atoms with E-state index in [1.54, 1.807) is 13.8 Å². The molecule has 0 aromatic carbocycles. The van der Waals surface area contributed by atoms with Crippen molar-refractivity contribution in [2.24, 2.45) is 0 Å². The summed E-state index contributed by atoms with van der Waals surface area (Å²) < 4.78 is 6.56. The number of aryl methyl sites for hydroxylation is 1. The second kappa shape index (κ2) is 6.83. The predicted octanol–water partition coefficient (Wildman–Crippen LogP) is 0.470. The smallest absolute Gasteiger partial charge is 0.308 e. The Labute approximate surface area is 118 Å². The maximum atomic E-state index is 11.8. The van der Waals surface area contributed by atoms with Crippen LogP contribution in [0.1, 0.15) is 19.2 Å². The molecule has 0 saturated carbocycles. The summed E-state index contributed by atoms with van der Waals surface area (Å²) in [6.07, 6.45) is 0.387. The molecule has 6 nitrogen and oxygen atoms in total. The van der Waals surface area contributed by atoms with Gasteiger partial charge in [-0.05, 0) is 36.4 Å². The average molecular weight is 366 g/mol. The van der Waals surface area contributed by atoms with E-state index < -0.39 is 12.1 Å². The van der Waals surface area contributed by atoms with E-state index in [1.807, 2.05) is 22.6 Å². The fraction of sp³-hybridized carbons (Fsp3) is 0.545. The summed E-state index contributed by atoms with van der Waals surface area (Å²) in [6.45, 7) is 3.68. The van der Waals surface area contributed by atoms with Crippen molar-refractivity contribution < 1.29 is 14.6 Å². The van der Waals surface area contributed by atoms with Crippen molar-refractivity contribution in [1.29, 1.82) is 0 Å². The minimum atomic E-state index is -0.958. The third-order valence-electron chi connectivity index (χ3n) is 2.31. The highest BCUT2D eigenvalue weighted by Gasteiger charge is 2.15. The largest absolute Gasteiger partial charge is 0.466 e. The topological polar surface area (TPSA) is 81.4 Å². The van der Waals surface area contributed by atoms with Gasteiger partial charge in [-0.2, -0.15) is 0 Å². The Morgan fingerprint density at radius 2 is 2.33 bits per heavy atom. The van der Waals surface area contributed by atoms with Crippen LogP contribution in [0.15, 0.2) is 11.0 Å². The number of halogens is 1. The Morgan fingerprint density at radius 3 is 2.94 bits per heavy atom. The molecule has 1 atom stereocenters. The van der Waals surface area contributed by atoms with Crippen LogP contribution in [0, 0.1) is 10.5 Å². The van der Waals surface area contributed by atoms with Crippen molar-refractivity contribution in [2.45, 2.75) is 32.9 Å². The van der Waals surface area contributed by atoms with Gasteiger partial charge in [0.25, 0.3) is 5.56 Å². The third kappa shape index (κ3) is 4.05. The number of aromatic nitrogens is 2. The molecule has 1 aromatic rings. The molecule has 0 spiro atoms. The first-order chi connectivity index (χ1) is 8.45. The van der Waals surface area contributed by atoms with Crippen LogP contribution in [0.25, 0.3) is 0 Å². The maximum absolute atomic E-state index is 11.8. The van der Waals surface area contributed by atoms with Gasteiger partial charge in [-0.3, -0.25) is 14.2 Å². The van der Waals surface area contributed by atoms with Gasteiger partial charge in [0.05, 0.1) is 29.2 Å². The van der Waals surface area contributed by atoms with Gasteiger partial charge < -0.3 is 9.84 Å². The number of hydrogen-bond donors (Lipinski definition) is 1. The highest BCUT2D eigenvalue weighted by molar-refractivity contribution is 14.1. The maximum Gasteiger partial charge on any atom is 0.308 e. The Balaban J connectivity index is 2.76. The lowest BCUT2D eigenvalue weighted by molar-refractivity contribution is -0.145. The van der Waals surface area contributed by atoms with Crippen molar-refractivity contribution >= 4 is 28.6 Å². The highest BCUT2D eigenvalue weighted by atomic mass is 127. The average Bonchev–Trinajstić information content (AvgIpc) is 2.30. The monoisotopic (exact) mass is 366 g/mol. The number of aliphatic hydroxyl groups excluding tert-OH is 1. The molecule has 100 valence electrons. The Bertz CT molecular complexity index is 486. The molecule has 0 bridgehead atoms. The second-order valence-electron chi connectivity index (χ2n) is 3.73. The molecule has 1 aromatic heterocycles. The van der Waals surface area contributed by atoms with Gasteiger partial charge >= 0.3 is 5.97 Å². The van der Waals surface area contributed by atoms with Crippen LogP contribution in [0.3, 0.4) is 0 Å². The summed E-state index contributed by atoms with van der Waals surface area (Å²) in [5.74, 6) is 0.0256. The standard InChI is InChI=1S/C11H15IN2O4/c1-3-18-10(16)4-8(15)6-14-7(2)13-5-9(12)11(14)17/h5,8,15H,3-4,6H2,1-2H3. The molecule has 18 heavy (non-hydrogen) atoms. The highest BCUT2D eigenvalue weighted by Crippen LogP contribution is 2.02. The molecular formula is C11H15IN2O4. The lowest BCUT2D eigenvalue weighted by Gasteiger charge is -2.14. The SMILES string of the molecule is CCOC(=O)CC(O)Cn1c(C)ncc(I)c1=O. The molecule has 0 radical (unpaired) electrons. The Hall–Kier alpha value is -0.960. The van der Waals surface area contributed by atoms with Crippen LogP contribution in [0.5, 0.6) is 0 Å². The zero-order valence-electron chi connectivity index (χ0n) is 10.2. The predicted molar refractivity (Wildman–Crippen MR) is 73.2 cm³/mol. The van der Waals surface area contributed by atoms with E-state index in [1.165, 1.54) is 10.8 Å². The van der Waals surface area contributed by atoms with Gasteiger partial charge in [0, 0.05) is 6.20 Å². The first-order valence-corrected chi connectivity index (χ1v) is 6.59. The molecule has 0 amide bonds. The van der Waals surface area contributed by atoms with E-state index >= 15 is 0 Å². The number of hydrogen-bond acceptors (Lipinski definition) is 5. The molecule has 0 aliphatic heterocycles. The first-order valence-electron chi connectivity index (χ1n) is 5.51. The number of esters is 1. The molecule has 0 aliphatic rings. The molecule has 1 N–H and O–H groups in total. The summed E-state index contributed by atoms with van der Waals surface area (Å²) in [6, 6.07) is 0. The first kappa shape index (κ1) is 15.1. The quantitative estimate of drug-likeness (QED) is 0.605. The van der Waals surface area contributed by atoms with Gasteiger partial charge in [0.15, 0.2) is 0 Å². The van der Waals surface area contributed by atoms with Crippen molar-refractivity contribution in [3.8, 4) is 0 Å². The van der Waals surface area contributed by atoms with E-state index in [0.29, 0.717) is 9.39 Å². The Morgan fingerprint density at radius 1 is 1.67 bits per heavy atom. The van der Waals surface area contributed by atoms with Crippen LogP contribution in [0.2, 0.25) is 0 Å². The van der Waals surface area contributed by atoms with Crippen molar-refractivity contribution in [3.05, 3.63) is 25.9 Å². The van der Waals surface area contributed by atoms with Crippen molar-refractivity contribution in [1.82, 2.24) is 9.55 Å². The molecule has 0 aliphatic carbocycles. The fourth-order valence-corrected chi connectivity index (χ4v) is 1.88. The normalized spacial score (nSPS) is 12.2. The molecule has 1 unspecified atom stereocenters. The minimum Gasteiger partial charge on any atom is -0.466 e. The minimum absolute atomic E-state index is 0.0350. The van der Waals surface area contributed by atoms with E-state index in [4.69, 9.17) is 4.74 Å². The van der Waals surface area contributed by atoms with Crippen LogP contribution in [-0.4, -0.2) is 33.3 Å². The summed E-state index contributed by atoms with van der Waals surface area (Å²) in [7, 11) is 0. The van der Waals surface area contributed by atoms with Gasteiger partial charge in [0.1, 0.15) is 5.82 Å². The number of ether oxygens (including phenoxy) is 1. The van der Waals surface area contributed by atoms with Crippen LogP contribution >= 0.6 is 22.6 Å². The molecule has 0 fully saturated rings. The fourth-order valence-electron chi connectivity index (χ4n) is 1.45. The molecule has 7 heteroatoms. The van der Waals surface area contributed by atoms with Crippen LogP contribution in [-0.2, 0) is 16.1 Å². The summed E-state index contributed by atoms with van der Waals surface area (Å²) >= 11 is 1.88. The zero-order chi connectivity index (χ0) is 13.7. The lowest BCUT2D eigenvalue weighted by atomic mass is 10.2. The van der Waals surface area contributed by atoms with Crippen molar-refractivity contribution in [3.63, 3.8) is 0 Å². The summed E-state index contributed by atoms with van der Waals surface area (Å²) in [4.78, 5) is 27.1. The zero-order valence-corrected chi connectivity index (χ0v) is 12.4. The van der Waals surface area contributed by atoms with Crippen molar-refractivity contribution in [2.75, 3.05) is 6.61 Å². The van der Waals surface area contributed by atoms with Crippen LogP contribution < -0.4 is 5.56 Å².